The molecule has 4 heteroatoms. The molecule has 0 heterocycles. The zero-order valence-electron chi connectivity index (χ0n) is 9.54. The highest BCUT2D eigenvalue weighted by atomic mass is 16.6. The van der Waals surface area contributed by atoms with Gasteiger partial charge in [-0.3, -0.25) is 0 Å². The van der Waals surface area contributed by atoms with E-state index in [2.05, 4.69) is 10.3 Å². The Kier molecular flexibility index (Phi) is 7.89. The van der Waals surface area contributed by atoms with Gasteiger partial charge in [-0.2, -0.15) is 0 Å². The molecule has 0 aliphatic heterocycles. The number of rotatable bonds is 7. The summed E-state index contributed by atoms with van der Waals surface area (Å²) in [5, 5.41) is 7.64. The molecule has 0 aromatic heterocycles. The third-order valence-corrected chi connectivity index (χ3v) is 1.22. The molecule has 0 radical (unpaired) electrons. The van der Waals surface area contributed by atoms with Crippen LogP contribution in [-0.4, -0.2) is 24.6 Å². The van der Waals surface area contributed by atoms with Crippen LogP contribution in [0.15, 0.2) is 10.3 Å². The SMILES string of the molecule is CC(C)=NOCCCCON=C(C)C. The average Bonchev–Trinajstić information content (AvgIpc) is 2.08. The van der Waals surface area contributed by atoms with Crippen LogP contribution in [0, 0.1) is 0 Å². The van der Waals surface area contributed by atoms with Crippen LogP contribution in [-0.2, 0) is 9.68 Å². The molecular formula is C10H20N2O2. The van der Waals surface area contributed by atoms with Gasteiger partial charge in [-0.25, -0.2) is 0 Å². The van der Waals surface area contributed by atoms with Crippen LogP contribution in [0.4, 0.5) is 0 Å². The van der Waals surface area contributed by atoms with Gasteiger partial charge in [0, 0.05) is 0 Å². The van der Waals surface area contributed by atoms with Crippen molar-refractivity contribution in [3.63, 3.8) is 0 Å². The molecule has 14 heavy (non-hydrogen) atoms. The van der Waals surface area contributed by atoms with Crippen molar-refractivity contribution in [1.29, 1.82) is 0 Å². The second kappa shape index (κ2) is 8.53. The van der Waals surface area contributed by atoms with Gasteiger partial charge >= 0.3 is 0 Å². The average molecular weight is 200 g/mol. The Bertz CT molecular complexity index is 170. The molecule has 82 valence electrons. The van der Waals surface area contributed by atoms with Gasteiger partial charge in [0.1, 0.15) is 13.2 Å². The quantitative estimate of drug-likeness (QED) is 0.360. The molecule has 0 aromatic carbocycles. The van der Waals surface area contributed by atoms with Gasteiger partial charge in [-0.15, -0.1) is 0 Å². The van der Waals surface area contributed by atoms with Gasteiger partial charge in [0.05, 0.1) is 11.4 Å². The minimum Gasteiger partial charge on any atom is -0.396 e. The van der Waals surface area contributed by atoms with Crippen molar-refractivity contribution in [3.05, 3.63) is 0 Å². The lowest BCUT2D eigenvalue weighted by atomic mass is 10.3. The molecule has 0 N–H and O–H groups in total. The van der Waals surface area contributed by atoms with Crippen LogP contribution in [0.2, 0.25) is 0 Å². The number of hydrogen-bond donors (Lipinski definition) is 0. The van der Waals surface area contributed by atoms with E-state index in [1.807, 2.05) is 27.7 Å². The van der Waals surface area contributed by atoms with Crippen molar-refractivity contribution >= 4 is 11.4 Å². The number of nitrogens with zero attached hydrogens (tertiary/aromatic N) is 2. The molecule has 0 rings (SSSR count). The van der Waals surface area contributed by atoms with Crippen LogP contribution in [0.3, 0.4) is 0 Å². The van der Waals surface area contributed by atoms with E-state index in [0.717, 1.165) is 24.3 Å². The van der Waals surface area contributed by atoms with Crippen molar-refractivity contribution in [3.8, 4) is 0 Å². The second-order valence-corrected chi connectivity index (χ2v) is 3.45. The Morgan fingerprint density at radius 2 is 1.14 bits per heavy atom. The lowest BCUT2D eigenvalue weighted by Gasteiger charge is -2.00. The molecule has 0 amide bonds. The maximum absolute atomic E-state index is 5.02. The molecule has 0 fully saturated rings. The fourth-order valence-electron chi connectivity index (χ4n) is 0.683. The largest absolute Gasteiger partial charge is 0.396 e. The van der Waals surface area contributed by atoms with Crippen molar-refractivity contribution in [2.75, 3.05) is 13.2 Å². The molecule has 0 atom stereocenters. The van der Waals surface area contributed by atoms with E-state index in [9.17, 15) is 0 Å². The number of unbranched alkanes of at least 4 members (excludes halogenated alkanes) is 1. The first-order valence-electron chi connectivity index (χ1n) is 4.89. The zero-order chi connectivity index (χ0) is 10.8. The summed E-state index contributed by atoms with van der Waals surface area (Å²) >= 11 is 0. The first-order valence-corrected chi connectivity index (χ1v) is 4.89. The van der Waals surface area contributed by atoms with Crippen LogP contribution in [0.25, 0.3) is 0 Å². The predicted molar refractivity (Wildman–Crippen MR) is 58.7 cm³/mol. The van der Waals surface area contributed by atoms with E-state index in [4.69, 9.17) is 9.68 Å². The first kappa shape index (κ1) is 12.9. The Morgan fingerprint density at radius 1 is 0.786 bits per heavy atom. The first-order chi connectivity index (χ1) is 6.63. The third-order valence-electron chi connectivity index (χ3n) is 1.22. The van der Waals surface area contributed by atoms with E-state index in [1.165, 1.54) is 0 Å². The Morgan fingerprint density at radius 3 is 1.43 bits per heavy atom. The van der Waals surface area contributed by atoms with E-state index in [0.29, 0.717) is 13.2 Å². The lowest BCUT2D eigenvalue weighted by Crippen LogP contribution is -1.95. The highest BCUT2D eigenvalue weighted by molar-refractivity contribution is 5.78. The Hall–Kier alpha value is -1.06. The van der Waals surface area contributed by atoms with E-state index in [1.54, 1.807) is 0 Å². The third kappa shape index (κ3) is 10.9. The predicted octanol–water partition coefficient (Wildman–Crippen LogP) is 2.59. The summed E-state index contributed by atoms with van der Waals surface area (Å²) in [5.41, 5.74) is 1.87. The van der Waals surface area contributed by atoms with Crippen LogP contribution >= 0.6 is 0 Å². The van der Waals surface area contributed by atoms with Gasteiger partial charge in [0.15, 0.2) is 0 Å². The summed E-state index contributed by atoms with van der Waals surface area (Å²) in [6.07, 6.45) is 1.88. The molecule has 0 saturated heterocycles. The summed E-state index contributed by atoms with van der Waals surface area (Å²) in [6.45, 7) is 8.90. The molecule has 4 nitrogen and oxygen atoms in total. The van der Waals surface area contributed by atoms with Gasteiger partial charge in [0.25, 0.3) is 0 Å². The van der Waals surface area contributed by atoms with Gasteiger partial charge < -0.3 is 9.68 Å². The molecule has 0 aromatic rings. The highest BCUT2D eigenvalue weighted by Crippen LogP contribution is 1.93. The normalized spacial score (nSPS) is 9.14. The molecule has 0 spiro atoms. The van der Waals surface area contributed by atoms with Crippen molar-refractivity contribution < 1.29 is 9.68 Å². The summed E-state index contributed by atoms with van der Waals surface area (Å²) in [6, 6.07) is 0. The van der Waals surface area contributed by atoms with Crippen LogP contribution in [0.1, 0.15) is 40.5 Å². The molecule has 0 aliphatic rings. The Balaban J connectivity index is 3.15. The van der Waals surface area contributed by atoms with Crippen molar-refractivity contribution in [2.24, 2.45) is 10.3 Å². The maximum atomic E-state index is 5.02. The fourth-order valence-corrected chi connectivity index (χ4v) is 0.683. The van der Waals surface area contributed by atoms with Gasteiger partial charge in [-0.1, -0.05) is 10.3 Å². The summed E-state index contributed by atoms with van der Waals surface area (Å²) in [5.74, 6) is 0. The fraction of sp³-hybridized carbons (Fsp3) is 0.800. The Labute approximate surface area is 85.9 Å². The summed E-state index contributed by atoms with van der Waals surface area (Å²) < 4.78 is 0. The number of hydrogen-bond acceptors (Lipinski definition) is 4. The molecule has 0 saturated carbocycles. The zero-order valence-corrected chi connectivity index (χ0v) is 9.54. The standard InChI is InChI=1S/C10H20N2O2/c1-9(2)11-13-7-5-6-8-14-12-10(3)4/h5-8H2,1-4H3. The van der Waals surface area contributed by atoms with E-state index >= 15 is 0 Å². The summed E-state index contributed by atoms with van der Waals surface area (Å²) in [7, 11) is 0. The smallest absolute Gasteiger partial charge is 0.117 e. The topological polar surface area (TPSA) is 43.2 Å². The molecule has 0 unspecified atom stereocenters. The second-order valence-electron chi connectivity index (χ2n) is 3.45. The van der Waals surface area contributed by atoms with E-state index < -0.39 is 0 Å². The summed E-state index contributed by atoms with van der Waals surface area (Å²) in [4.78, 5) is 10.0. The van der Waals surface area contributed by atoms with E-state index in [-0.39, 0.29) is 0 Å². The van der Waals surface area contributed by atoms with Crippen LogP contribution < -0.4 is 0 Å². The maximum Gasteiger partial charge on any atom is 0.117 e. The highest BCUT2D eigenvalue weighted by Gasteiger charge is 1.89. The van der Waals surface area contributed by atoms with Crippen LogP contribution in [0.5, 0.6) is 0 Å². The molecular weight excluding hydrogens is 180 g/mol. The number of oxime groups is 2. The van der Waals surface area contributed by atoms with Gasteiger partial charge in [-0.05, 0) is 40.5 Å². The van der Waals surface area contributed by atoms with Crippen molar-refractivity contribution in [2.45, 2.75) is 40.5 Å². The minimum atomic E-state index is 0.642. The monoisotopic (exact) mass is 200 g/mol. The van der Waals surface area contributed by atoms with Gasteiger partial charge in [0.2, 0.25) is 0 Å². The minimum absolute atomic E-state index is 0.642. The van der Waals surface area contributed by atoms with Crippen molar-refractivity contribution in [1.82, 2.24) is 0 Å². The lowest BCUT2D eigenvalue weighted by molar-refractivity contribution is 0.111. The molecule has 0 bridgehead atoms. The molecule has 0 aliphatic carbocycles.